The van der Waals surface area contributed by atoms with Crippen molar-refractivity contribution in [2.45, 2.75) is 38.6 Å². The summed E-state index contributed by atoms with van der Waals surface area (Å²) in [5.41, 5.74) is 1.94. The summed E-state index contributed by atoms with van der Waals surface area (Å²) >= 11 is 6.13. The highest BCUT2D eigenvalue weighted by molar-refractivity contribution is 7.89. The van der Waals surface area contributed by atoms with Gasteiger partial charge in [-0.05, 0) is 38.5 Å². The van der Waals surface area contributed by atoms with E-state index in [2.05, 4.69) is 5.10 Å². The van der Waals surface area contributed by atoms with Gasteiger partial charge in [-0.25, -0.2) is 8.42 Å². The van der Waals surface area contributed by atoms with Gasteiger partial charge in [-0.2, -0.15) is 9.40 Å². The van der Waals surface area contributed by atoms with Gasteiger partial charge in [0.1, 0.15) is 10.6 Å². The molecule has 1 aromatic heterocycles. The van der Waals surface area contributed by atoms with Crippen LogP contribution in [0.1, 0.15) is 23.9 Å². The van der Waals surface area contributed by atoms with Crippen molar-refractivity contribution in [1.29, 1.82) is 0 Å². The minimum absolute atomic E-state index is 0.0561. The van der Waals surface area contributed by atoms with Gasteiger partial charge >= 0.3 is 0 Å². The minimum atomic E-state index is -3.65. The summed E-state index contributed by atoms with van der Waals surface area (Å²) in [6.07, 6.45) is 0.206. The van der Waals surface area contributed by atoms with E-state index in [1.165, 1.54) is 11.4 Å². The number of carbonyl (C=O) groups is 1. The van der Waals surface area contributed by atoms with Gasteiger partial charge in [0.25, 0.3) is 0 Å². The average molecular weight is 455 g/mol. The number of halogens is 1. The van der Waals surface area contributed by atoms with E-state index in [4.69, 9.17) is 16.3 Å². The van der Waals surface area contributed by atoms with Gasteiger partial charge in [-0.1, -0.05) is 17.7 Å². The fourth-order valence-electron chi connectivity index (χ4n) is 3.77. The molecule has 1 aliphatic heterocycles. The Labute approximate surface area is 182 Å². The molecule has 0 aliphatic carbocycles. The maximum Gasteiger partial charge on any atom is 0.246 e. The molecule has 1 amide bonds. The zero-order chi connectivity index (χ0) is 22.1. The number of benzene rings is 1. The number of piperazine rings is 1. The van der Waals surface area contributed by atoms with Gasteiger partial charge in [0.2, 0.25) is 15.9 Å². The van der Waals surface area contributed by atoms with E-state index in [9.17, 15) is 13.2 Å². The molecule has 8 nitrogen and oxygen atoms in total. The summed E-state index contributed by atoms with van der Waals surface area (Å²) in [5.74, 6) is 0.503. The molecular weight excluding hydrogens is 428 g/mol. The zero-order valence-corrected chi connectivity index (χ0v) is 19.3. The van der Waals surface area contributed by atoms with Crippen LogP contribution in [-0.2, 0) is 27.8 Å². The standard InChI is InChI=1S/C20H27ClN4O4S/c1-5-25-15(3)20(14(2)22-25)30(27,28)24-10-8-23(9-11-24)19(26)13-16-6-7-18(29-4)17(21)12-16/h6-7,12H,5,8-11,13H2,1-4H3. The lowest BCUT2D eigenvalue weighted by atomic mass is 10.1. The highest BCUT2D eigenvalue weighted by atomic mass is 35.5. The van der Waals surface area contributed by atoms with Crippen LogP contribution in [0.5, 0.6) is 5.75 Å². The van der Waals surface area contributed by atoms with E-state index in [0.717, 1.165) is 5.56 Å². The predicted molar refractivity (Wildman–Crippen MR) is 114 cm³/mol. The van der Waals surface area contributed by atoms with Crippen molar-refractivity contribution in [3.8, 4) is 5.75 Å². The molecule has 10 heteroatoms. The van der Waals surface area contributed by atoms with E-state index < -0.39 is 10.0 Å². The first kappa shape index (κ1) is 22.6. The highest BCUT2D eigenvalue weighted by Gasteiger charge is 2.34. The van der Waals surface area contributed by atoms with Gasteiger partial charge in [0.15, 0.2) is 0 Å². The Morgan fingerprint density at radius 2 is 1.87 bits per heavy atom. The first-order valence-corrected chi connectivity index (χ1v) is 11.6. The molecule has 0 saturated carbocycles. The number of methoxy groups -OCH3 is 1. The fourth-order valence-corrected chi connectivity index (χ4v) is 5.85. The maximum atomic E-state index is 13.2. The van der Waals surface area contributed by atoms with Crippen molar-refractivity contribution >= 4 is 27.5 Å². The third kappa shape index (κ3) is 4.33. The second-order valence-corrected chi connectivity index (χ2v) is 9.53. The lowest BCUT2D eigenvalue weighted by Crippen LogP contribution is -2.51. The maximum absolute atomic E-state index is 13.2. The van der Waals surface area contributed by atoms with Crippen LogP contribution in [0.2, 0.25) is 5.02 Å². The molecule has 2 heterocycles. The summed E-state index contributed by atoms with van der Waals surface area (Å²) in [6, 6.07) is 5.26. The Morgan fingerprint density at radius 3 is 2.40 bits per heavy atom. The molecule has 2 aromatic rings. The van der Waals surface area contributed by atoms with Gasteiger partial charge in [0, 0.05) is 32.7 Å². The smallest absolute Gasteiger partial charge is 0.246 e. The molecule has 1 fully saturated rings. The van der Waals surface area contributed by atoms with Crippen molar-refractivity contribution in [3.63, 3.8) is 0 Å². The summed E-state index contributed by atoms with van der Waals surface area (Å²) in [7, 11) is -2.12. The second-order valence-electron chi connectivity index (χ2n) is 7.25. The van der Waals surface area contributed by atoms with Crippen molar-refractivity contribution in [2.24, 2.45) is 0 Å². The van der Waals surface area contributed by atoms with Crippen LogP contribution in [0, 0.1) is 13.8 Å². The Bertz CT molecular complexity index is 1040. The third-order valence-electron chi connectivity index (χ3n) is 5.38. The Morgan fingerprint density at radius 1 is 1.20 bits per heavy atom. The van der Waals surface area contributed by atoms with Crippen molar-refractivity contribution in [3.05, 3.63) is 40.2 Å². The first-order valence-electron chi connectivity index (χ1n) is 9.83. The number of hydrogen-bond donors (Lipinski definition) is 0. The number of carbonyl (C=O) groups excluding carboxylic acids is 1. The summed E-state index contributed by atoms with van der Waals surface area (Å²) in [4.78, 5) is 14.6. The number of amides is 1. The van der Waals surface area contributed by atoms with Crippen LogP contribution in [0.25, 0.3) is 0 Å². The summed E-state index contributed by atoms with van der Waals surface area (Å²) < 4.78 is 34.6. The number of aryl methyl sites for hydroxylation is 2. The van der Waals surface area contributed by atoms with Crippen molar-refractivity contribution in [1.82, 2.24) is 19.0 Å². The molecule has 0 spiro atoms. The fraction of sp³-hybridized carbons (Fsp3) is 0.500. The first-order chi connectivity index (χ1) is 14.2. The summed E-state index contributed by atoms with van der Waals surface area (Å²) in [5, 5.41) is 4.78. The molecule has 30 heavy (non-hydrogen) atoms. The largest absolute Gasteiger partial charge is 0.495 e. The molecule has 0 radical (unpaired) electrons. The zero-order valence-electron chi connectivity index (χ0n) is 17.7. The molecule has 0 bridgehead atoms. The number of sulfonamides is 1. The number of nitrogens with zero attached hydrogens (tertiary/aromatic N) is 4. The lowest BCUT2D eigenvalue weighted by molar-refractivity contribution is -0.131. The summed E-state index contributed by atoms with van der Waals surface area (Å²) in [6.45, 7) is 7.24. The Balaban J connectivity index is 1.66. The van der Waals surface area contributed by atoms with Crippen molar-refractivity contribution in [2.75, 3.05) is 33.3 Å². The van der Waals surface area contributed by atoms with E-state index in [0.29, 0.717) is 41.8 Å². The lowest BCUT2D eigenvalue weighted by Gasteiger charge is -2.34. The van der Waals surface area contributed by atoms with Crippen molar-refractivity contribution < 1.29 is 17.9 Å². The van der Waals surface area contributed by atoms with E-state index in [1.54, 1.807) is 41.6 Å². The molecule has 0 N–H and O–H groups in total. The number of hydrogen-bond acceptors (Lipinski definition) is 5. The normalized spacial score (nSPS) is 15.4. The van der Waals surface area contributed by atoms with Gasteiger partial charge in [-0.3, -0.25) is 9.48 Å². The van der Waals surface area contributed by atoms with Gasteiger partial charge < -0.3 is 9.64 Å². The highest BCUT2D eigenvalue weighted by Crippen LogP contribution is 2.26. The Hall–Kier alpha value is -2.10. The average Bonchev–Trinajstić information content (AvgIpc) is 3.02. The molecular formula is C20H27ClN4O4S. The molecule has 0 atom stereocenters. The molecule has 1 saturated heterocycles. The monoisotopic (exact) mass is 454 g/mol. The van der Waals surface area contributed by atoms with Gasteiger partial charge in [-0.15, -0.1) is 0 Å². The minimum Gasteiger partial charge on any atom is -0.495 e. The molecule has 0 unspecified atom stereocenters. The molecule has 1 aromatic carbocycles. The van der Waals surface area contributed by atoms with E-state index in [-0.39, 0.29) is 30.3 Å². The molecule has 3 rings (SSSR count). The van der Waals surface area contributed by atoms with Crippen LogP contribution in [0.3, 0.4) is 0 Å². The third-order valence-corrected chi connectivity index (χ3v) is 7.82. The second kappa shape index (κ2) is 8.95. The van der Waals surface area contributed by atoms with Crippen LogP contribution < -0.4 is 4.74 Å². The van der Waals surface area contributed by atoms with Crippen LogP contribution in [0.15, 0.2) is 23.1 Å². The quantitative estimate of drug-likeness (QED) is 0.668. The Kier molecular flexibility index (Phi) is 6.74. The number of aromatic nitrogens is 2. The van der Waals surface area contributed by atoms with E-state index >= 15 is 0 Å². The topological polar surface area (TPSA) is 84.7 Å². The van der Waals surface area contributed by atoms with Crippen LogP contribution >= 0.6 is 11.6 Å². The molecule has 164 valence electrons. The van der Waals surface area contributed by atoms with Crippen LogP contribution in [-0.4, -0.2) is 66.6 Å². The SMILES string of the molecule is CCn1nc(C)c(S(=O)(=O)N2CCN(C(=O)Cc3ccc(OC)c(Cl)c3)CC2)c1C. The number of rotatable bonds is 6. The van der Waals surface area contributed by atoms with E-state index in [1.807, 2.05) is 6.92 Å². The molecule has 1 aliphatic rings. The van der Waals surface area contributed by atoms with Crippen LogP contribution in [0.4, 0.5) is 0 Å². The number of ether oxygens (including phenoxy) is 1. The van der Waals surface area contributed by atoms with Gasteiger partial charge in [0.05, 0.1) is 29.9 Å². The predicted octanol–water partition coefficient (Wildman–Crippen LogP) is 2.26.